The quantitative estimate of drug-likeness (QED) is 0.761. The van der Waals surface area contributed by atoms with E-state index in [0.29, 0.717) is 47.5 Å². The number of nitrogens with zero attached hydrogens (tertiary/aromatic N) is 1. The van der Waals surface area contributed by atoms with Crippen LogP contribution in [0.4, 0.5) is 0 Å². The number of methoxy groups -OCH3 is 1. The molecule has 6 nitrogen and oxygen atoms in total. The Morgan fingerprint density at radius 3 is 2.73 bits per heavy atom. The second kappa shape index (κ2) is 6.63. The SMILES string of the molecule is COc1ccc(-c2onc(C)c2-c2cccc3c2OCCCO3)c(O)c1. The average molecular weight is 353 g/mol. The van der Waals surface area contributed by atoms with Gasteiger partial charge in [0.15, 0.2) is 17.3 Å². The van der Waals surface area contributed by atoms with E-state index in [0.717, 1.165) is 17.5 Å². The third-order valence-corrected chi connectivity index (χ3v) is 4.35. The first-order valence-corrected chi connectivity index (χ1v) is 8.41. The van der Waals surface area contributed by atoms with E-state index >= 15 is 0 Å². The summed E-state index contributed by atoms with van der Waals surface area (Å²) in [5, 5.41) is 14.5. The Hall–Kier alpha value is -3.15. The molecule has 1 N–H and O–H groups in total. The van der Waals surface area contributed by atoms with Crippen LogP contribution >= 0.6 is 0 Å². The van der Waals surface area contributed by atoms with Crippen molar-refractivity contribution in [2.45, 2.75) is 13.3 Å². The summed E-state index contributed by atoms with van der Waals surface area (Å²) in [6.45, 7) is 3.06. The first-order chi connectivity index (χ1) is 12.7. The summed E-state index contributed by atoms with van der Waals surface area (Å²) in [7, 11) is 1.55. The standard InChI is InChI=1S/C20H19NO5/c1-12-18(15-5-3-6-17-19(15)25-10-4-9-24-17)20(26-21-12)14-8-7-13(23-2)11-16(14)22/h3,5-8,11,22H,4,9-10H2,1-2H3. The van der Waals surface area contributed by atoms with Crippen LogP contribution < -0.4 is 14.2 Å². The average Bonchev–Trinajstić information content (AvgIpc) is 2.87. The summed E-state index contributed by atoms with van der Waals surface area (Å²) in [6, 6.07) is 10.8. The molecule has 3 aromatic rings. The molecule has 0 saturated carbocycles. The van der Waals surface area contributed by atoms with Gasteiger partial charge in [0, 0.05) is 18.1 Å². The van der Waals surface area contributed by atoms with Crippen LogP contribution in [0, 0.1) is 6.92 Å². The van der Waals surface area contributed by atoms with E-state index in [1.807, 2.05) is 25.1 Å². The minimum atomic E-state index is 0.0564. The molecule has 1 aliphatic rings. The molecule has 0 aliphatic carbocycles. The Morgan fingerprint density at radius 1 is 1.08 bits per heavy atom. The Bertz CT molecular complexity index is 947. The molecule has 1 aliphatic heterocycles. The van der Waals surface area contributed by atoms with Crippen molar-refractivity contribution in [2.75, 3.05) is 20.3 Å². The highest BCUT2D eigenvalue weighted by atomic mass is 16.5. The van der Waals surface area contributed by atoms with Crippen molar-refractivity contribution >= 4 is 0 Å². The van der Waals surface area contributed by atoms with Crippen LogP contribution in [-0.4, -0.2) is 30.6 Å². The molecule has 0 amide bonds. The Balaban J connectivity index is 1.89. The van der Waals surface area contributed by atoms with Gasteiger partial charge in [0.2, 0.25) is 0 Å². The largest absolute Gasteiger partial charge is 0.507 e. The highest BCUT2D eigenvalue weighted by molar-refractivity contribution is 5.87. The van der Waals surface area contributed by atoms with Crippen LogP contribution in [0.3, 0.4) is 0 Å². The lowest BCUT2D eigenvalue weighted by atomic mass is 9.98. The van der Waals surface area contributed by atoms with Crippen LogP contribution in [0.1, 0.15) is 12.1 Å². The fourth-order valence-electron chi connectivity index (χ4n) is 3.09. The van der Waals surface area contributed by atoms with Crippen molar-refractivity contribution < 1.29 is 23.8 Å². The number of phenols is 1. The number of aromatic hydroxyl groups is 1. The van der Waals surface area contributed by atoms with Gasteiger partial charge in [0.1, 0.15) is 11.5 Å². The molecule has 0 bridgehead atoms. The van der Waals surface area contributed by atoms with Gasteiger partial charge in [-0.3, -0.25) is 0 Å². The van der Waals surface area contributed by atoms with Crippen LogP contribution in [0.5, 0.6) is 23.0 Å². The third-order valence-electron chi connectivity index (χ3n) is 4.35. The lowest BCUT2D eigenvalue weighted by molar-refractivity contribution is 0.297. The summed E-state index contributed by atoms with van der Waals surface area (Å²) in [4.78, 5) is 0. The van der Waals surface area contributed by atoms with Gasteiger partial charge in [-0.25, -0.2) is 0 Å². The predicted octanol–water partition coefficient (Wildman–Crippen LogP) is 4.19. The lowest BCUT2D eigenvalue weighted by Crippen LogP contribution is -1.98. The van der Waals surface area contributed by atoms with Crippen molar-refractivity contribution in [3.63, 3.8) is 0 Å². The maximum atomic E-state index is 10.4. The van der Waals surface area contributed by atoms with Crippen LogP contribution in [0.25, 0.3) is 22.5 Å². The van der Waals surface area contributed by atoms with Crippen molar-refractivity contribution in [1.82, 2.24) is 5.16 Å². The van der Waals surface area contributed by atoms with Gasteiger partial charge in [0.05, 0.1) is 37.1 Å². The zero-order valence-electron chi connectivity index (χ0n) is 14.6. The van der Waals surface area contributed by atoms with Gasteiger partial charge in [0.25, 0.3) is 0 Å². The normalized spacial score (nSPS) is 13.3. The fraction of sp³-hybridized carbons (Fsp3) is 0.250. The van der Waals surface area contributed by atoms with Crippen molar-refractivity contribution in [3.8, 4) is 45.4 Å². The number of hydrogen-bond donors (Lipinski definition) is 1. The van der Waals surface area contributed by atoms with Gasteiger partial charge < -0.3 is 23.8 Å². The Labute approximate surface area is 150 Å². The van der Waals surface area contributed by atoms with E-state index in [1.54, 1.807) is 25.3 Å². The van der Waals surface area contributed by atoms with Crippen molar-refractivity contribution in [1.29, 1.82) is 0 Å². The molecule has 0 atom stereocenters. The molecule has 2 heterocycles. The Kier molecular flexibility index (Phi) is 4.16. The van der Waals surface area contributed by atoms with E-state index in [1.165, 1.54) is 0 Å². The fourth-order valence-corrected chi connectivity index (χ4v) is 3.09. The van der Waals surface area contributed by atoms with E-state index in [9.17, 15) is 5.11 Å². The van der Waals surface area contributed by atoms with Crippen LogP contribution in [0.2, 0.25) is 0 Å². The first-order valence-electron chi connectivity index (χ1n) is 8.41. The molecule has 26 heavy (non-hydrogen) atoms. The van der Waals surface area contributed by atoms with Gasteiger partial charge in [-0.05, 0) is 25.1 Å². The molecule has 1 aromatic heterocycles. The number of aromatic nitrogens is 1. The molecule has 0 fully saturated rings. The zero-order valence-corrected chi connectivity index (χ0v) is 14.6. The smallest absolute Gasteiger partial charge is 0.178 e. The topological polar surface area (TPSA) is 74.0 Å². The van der Waals surface area contributed by atoms with E-state index < -0.39 is 0 Å². The molecule has 0 unspecified atom stereocenters. The van der Waals surface area contributed by atoms with Gasteiger partial charge >= 0.3 is 0 Å². The van der Waals surface area contributed by atoms with E-state index in [4.69, 9.17) is 18.7 Å². The first kappa shape index (κ1) is 16.3. The number of ether oxygens (including phenoxy) is 3. The summed E-state index contributed by atoms with van der Waals surface area (Å²) in [5.74, 6) is 2.47. The number of benzene rings is 2. The van der Waals surface area contributed by atoms with E-state index in [2.05, 4.69) is 5.16 Å². The molecule has 4 rings (SSSR count). The van der Waals surface area contributed by atoms with Crippen LogP contribution in [0.15, 0.2) is 40.9 Å². The third kappa shape index (κ3) is 2.73. The Morgan fingerprint density at radius 2 is 1.92 bits per heavy atom. The van der Waals surface area contributed by atoms with Crippen molar-refractivity contribution in [2.24, 2.45) is 0 Å². The van der Waals surface area contributed by atoms with Gasteiger partial charge in [-0.15, -0.1) is 0 Å². The molecular formula is C20H19NO5. The summed E-state index contributed by atoms with van der Waals surface area (Å²) in [5.41, 5.74) is 2.84. The maximum absolute atomic E-state index is 10.4. The molecule has 134 valence electrons. The maximum Gasteiger partial charge on any atom is 0.178 e. The molecular weight excluding hydrogens is 334 g/mol. The molecule has 6 heteroatoms. The minimum Gasteiger partial charge on any atom is -0.507 e. The summed E-state index contributed by atoms with van der Waals surface area (Å²) >= 11 is 0. The number of fused-ring (bicyclic) bond motifs is 1. The van der Waals surface area contributed by atoms with Crippen molar-refractivity contribution in [3.05, 3.63) is 42.1 Å². The second-order valence-corrected chi connectivity index (χ2v) is 6.04. The monoisotopic (exact) mass is 353 g/mol. The highest BCUT2D eigenvalue weighted by Gasteiger charge is 2.25. The number of phenolic OH excluding ortho intramolecular Hbond substituents is 1. The minimum absolute atomic E-state index is 0.0564. The predicted molar refractivity (Wildman–Crippen MR) is 95.9 cm³/mol. The molecule has 2 aromatic carbocycles. The number of rotatable bonds is 3. The number of hydrogen-bond acceptors (Lipinski definition) is 6. The molecule has 0 radical (unpaired) electrons. The second-order valence-electron chi connectivity index (χ2n) is 6.04. The zero-order chi connectivity index (χ0) is 18.1. The van der Waals surface area contributed by atoms with Crippen LogP contribution in [-0.2, 0) is 0 Å². The molecule has 0 saturated heterocycles. The van der Waals surface area contributed by atoms with Gasteiger partial charge in [-0.1, -0.05) is 17.3 Å². The summed E-state index contributed by atoms with van der Waals surface area (Å²) in [6.07, 6.45) is 0.822. The molecule has 0 spiro atoms. The summed E-state index contributed by atoms with van der Waals surface area (Å²) < 4.78 is 22.4. The van der Waals surface area contributed by atoms with Gasteiger partial charge in [-0.2, -0.15) is 0 Å². The lowest BCUT2D eigenvalue weighted by Gasteiger charge is -2.13. The number of para-hydroxylation sites is 1. The number of aryl methyl sites for hydroxylation is 1. The van der Waals surface area contributed by atoms with E-state index in [-0.39, 0.29) is 5.75 Å². The highest BCUT2D eigenvalue weighted by Crippen LogP contribution is 2.46.